The van der Waals surface area contributed by atoms with E-state index < -0.39 is 11.2 Å². The molecule has 1 fully saturated rings. The molecule has 0 bridgehead atoms. The van der Waals surface area contributed by atoms with Crippen molar-refractivity contribution in [3.05, 3.63) is 69.3 Å². The number of piperidine rings is 1. The summed E-state index contributed by atoms with van der Waals surface area (Å²) in [6.45, 7) is 2.70. The number of hydrogen-bond donors (Lipinski definition) is 2. The molecule has 4 rings (SSSR count). The molecule has 0 aliphatic carbocycles. The Morgan fingerprint density at radius 2 is 1.94 bits per heavy atom. The van der Waals surface area contributed by atoms with E-state index >= 15 is 0 Å². The number of anilines is 2. The van der Waals surface area contributed by atoms with E-state index in [1.165, 1.54) is 6.07 Å². The van der Waals surface area contributed by atoms with Crippen molar-refractivity contribution < 1.29 is 18.7 Å². The first-order chi connectivity index (χ1) is 16.4. The van der Waals surface area contributed by atoms with Crippen LogP contribution in [0.2, 0.25) is 0 Å². The minimum absolute atomic E-state index is 0.0503. The Labute approximate surface area is 210 Å². The summed E-state index contributed by atoms with van der Waals surface area (Å²) in [5.41, 5.74) is -0.0274. The molecule has 1 aliphatic heterocycles. The van der Waals surface area contributed by atoms with E-state index in [1.54, 1.807) is 36.2 Å². The Hall–Kier alpha value is -3.02. The van der Waals surface area contributed by atoms with Gasteiger partial charge in [0, 0.05) is 41.0 Å². The highest BCUT2D eigenvalue weighted by atomic mass is 127. The number of rotatable bonds is 7. The third kappa shape index (κ3) is 5.21. The summed E-state index contributed by atoms with van der Waals surface area (Å²) in [7, 11) is 0. The average Bonchev–Trinajstić information content (AvgIpc) is 3.34. The topological polar surface area (TPSA) is 100 Å². The fraction of sp³-hybridized carbons (Fsp3) is 0.333. The predicted molar refractivity (Wildman–Crippen MR) is 133 cm³/mol. The van der Waals surface area contributed by atoms with Crippen LogP contribution in [0.3, 0.4) is 0 Å². The zero-order chi connectivity index (χ0) is 24.1. The fourth-order valence-corrected chi connectivity index (χ4v) is 4.67. The van der Waals surface area contributed by atoms with Crippen molar-refractivity contribution in [2.75, 3.05) is 25.0 Å². The van der Waals surface area contributed by atoms with Gasteiger partial charge in [0.05, 0.1) is 17.6 Å². The molecule has 1 saturated heterocycles. The van der Waals surface area contributed by atoms with Crippen molar-refractivity contribution in [2.45, 2.75) is 26.2 Å². The molecule has 3 heterocycles. The highest BCUT2D eigenvalue weighted by molar-refractivity contribution is 14.1. The van der Waals surface area contributed by atoms with Gasteiger partial charge in [-0.05, 0) is 66.6 Å². The predicted octanol–water partition coefficient (Wildman–Crippen LogP) is 4.32. The number of carbonyl (C=O) groups is 2. The van der Waals surface area contributed by atoms with Gasteiger partial charge < -0.3 is 15.0 Å². The second kappa shape index (κ2) is 10.5. The molecule has 2 aromatic heterocycles. The van der Waals surface area contributed by atoms with Crippen molar-refractivity contribution in [2.24, 2.45) is 5.41 Å². The lowest BCUT2D eigenvalue weighted by atomic mass is 9.74. The number of esters is 1. The van der Waals surface area contributed by atoms with Crippen LogP contribution in [0.15, 0.2) is 48.7 Å². The van der Waals surface area contributed by atoms with Gasteiger partial charge in [0.1, 0.15) is 11.6 Å². The Bertz CT molecular complexity index is 1160. The van der Waals surface area contributed by atoms with Gasteiger partial charge in [-0.15, -0.1) is 0 Å². The van der Waals surface area contributed by atoms with Gasteiger partial charge in [-0.1, -0.05) is 12.1 Å². The second-order valence-corrected chi connectivity index (χ2v) is 9.33. The Morgan fingerprint density at radius 3 is 2.65 bits per heavy atom. The van der Waals surface area contributed by atoms with Crippen LogP contribution in [-0.4, -0.2) is 51.7 Å². The maximum atomic E-state index is 14.5. The summed E-state index contributed by atoms with van der Waals surface area (Å²) >= 11 is 1.87. The molecule has 0 atom stereocenters. The minimum Gasteiger partial charge on any atom is -0.466 e. The molecule has 0 unspecified atom stereocenters. The normalized spacial score (nSPS) is 15.1. The van der Waals surface area contributed by atoms with Crippen molar-refractivity contribution in [1.82, 2.24) is 20.1 Å². The number of carbonyl (C=O) groups excluding carboxylic acids is 2. The quantitative estimate of drug-likeness (QED) is 0.321. The summed E-state index contributed by atoms with van der Waals surface area (Å²) in [6, 6.07) is 12.1. The number of ether oxygens (including phenoxy) is 1. The van der Waals surface area contributed by atoms with Crippen LogP contribution in [0, 0.1) is 14.8 Å². The van der Waals surface area contributed by atoms with Gasteiger partial charge in [0.2, 0.25) is 0 Å². The summed E-state index contributed by atoms with van der Waals surface area (Å²) < 4.78 is 20.3. The number of aromatic nitrogens is 3. The Balaban J connectivity index is 1.51. The van der Waals surface area contributed by atoms with Crippen LogP contribution in [0.1, 0.15) is 35.8 Å². The minimum atomic E-state index is -0.811. The molecule has 1 amide bonds. The lowest BCUT2D eigenvalue weighted by Crippen LogP contribution is -2.48. The van der Waals surface area contributed by atoms with Gasteiger partial charge in [-0.3, -0.25) is 14.7 Å². The molecular weight excluding hydrogens is 552 g/mol. The SMILES string of the molecule is CCOC(=O)C1(Cc2cccc(Nc3cc[nH]n3)n2)CCN(C(=O)c2cccc(I)c2F)CC1. The fourth-order valence-electron chi connectivity index (χ4n) is 4.17. The largest absolute Gasteiger partial charge is 0.466 e. The number of pyridine rings is 1. The van der Waals surface area contributed by atoms with Crippen molar-refractivity contribution in [3.8, 4) is 0 Å². The van der Waals surface area contributed by atoms with E-state index in [9.17, 15) is 14.0 Å². The van der Waals surface area contributed by atoms with Crippen molar-refractivity contribution in [1.29, 1.82) is 0 Å². The number of nitrogens with zero attached hydrogens (tertiary/aromatic N) is 3. The highest BCUT2D eigenvalue weighted by Gasteiger charge is 2.44. The van der Waals surface area contributed by atoms with E-state index in [0.29, 0.717) is 47.6 Å². The number of aromatic amines is 1. The summed E-state index contributed by atoms with van der Waals surface area (Å²) in [4.78, 5) is 32.3. The number of amides is 1. The van der Waals surface area contributed by atoms with Crippen molar-refractivity contribution >= 4 is 46.1 Å². The first-order valence-corrected chi connectivity index (χ1v) is 12.1. The molecule has 34 heavy (non-hydrogen) atoms. The van der Waals surface area contributed by atoms with E-state index in [4.69, 9.17) is 4.74 Å². The molecular formula is C24H25FIN5O3. The van der Waals surface area contributed by atoms with Crippen LogP contribution in [0.4, 0.5) is 16.0 Å². The maximum Gasteiger partial charge on any atom is 0.312 e. The lowest BCUT2D eigenvalue weighted by Gasteiger charge is -2.40. The van der Waals surface area contributed by atoms with E-state index in [0.717, 1.165) is 5.69 Å². The monoisotopic (exact) mass is 577 g/mol. The standard InChI is InChI=1S/C24H25FIN5O3/c1-2-34-23(33)24(15-16-5-3-8-19(28-16)29-20-9-12-27-30-20)10-13-31(14-11-24)22(32)17-6-4-7-18(26)21(17)25/h3-9,12H,2,10-11,13-15H2,1H3,(H2,27,28,29,30). The van der Waals surface area contributed by atoms with E-state index in [1.807, 2.05) is 40.8 Å². The maximum absolute atomic E-state index is 14.5. The third-order valence-electron chi connectivity index (χ3n) is 5.98. The molecule has 1 aliphatic rings. The molecule has 0 spiro atoms. The number of likely N-dealkylation sites (tertiary alicyclic amines) is 1. The molecule has 3 aromatic rings. The zero-order valence-electron chi connectivity index (χ0n) is 18.7. The van der Waals surface area contributed by atoms with Gasteiger partial charge in [-0.25, -0.2) is 9.37 Å². The number of nitrogens with one attached hydrogen (secondary N) is 2. The first-order valence-electron chi connectivity index (χ1n) is 11.0. The molecule has 8 nitrogen and oxygen atoms in total. The average molecular weight is 577 g/mol. The van der Waals surface area contributed by atoms with Gasteiger partial charge in [0.15, 0.2) is 5.82 Å². The Kier molecular flexibility index (Phi) is 7.44. The van der Waals surface area contributed by atoms with Crippen LogP contribution in [-0.2, 0) is 16.0 Å². The molecule has 1 aromatic carbocycles. The molecule has 10 heteroatoms. The summed E-state index contributed by atoms with van der Waals surface area (Å²) in [5.74, 6) is 0.0809. The third-order valence-corrected chi connectivity index (χ3v) is 6.81. The lowest BCUT2D eigenvalue weighted by molar-refractivity contribution is -0.158. The van der Waals surface area contributed by atoms with Crippen LogP contribution in [0.25, 0.3) is 0 Å². The van der Waals surface area contributed by atoms with Gasteiger partial charge in [0.25, 0.3) is 5.91 Å². The van der Waals surface area contributed by atoms with Crippen LogP contribution < -0.4 is 5.32 Å². The second-order valence-electron chi connectivity index (χ2n) is 8.17. The number of hydrogen-bond acceptors (Lipinski definition) is 6. The number of halogens is 2. The van der Waals surface area contributed by atoms with Crippen LogP contribution >= 0.6 is 22.6 Å². The van der Waals surface area contributed by atoms with E-state index in [2.05, 4.69) is 20.5 Å². The van der Waals surface area contributed by atoms with Crippen LogP contribution in [0.5, 0.6) is 0 Å². The molecule has 0 saturated carbocycles. The summed E-state index contributed by atoms with van der Waals surface area (Å²) in [5, 5.41) is 9.93. The van der Waals surface area contributed by atoms with E-state index in [-0.39, 0.29) is 24.0 Å². The molecule has 2 N–H and O–H groups in total. The summed E-state index contributed by atoms with van der Waals surface area (Å²) in [6.07, 6.45) is 2.89. The molecule has 178 valence electrons. The first kappa shape index (κ1) is 24.1. The smallest absolute Gasteiger partial charge is 0.312 e. The Morgan fingerprint density at radius 1 is 1.18 bits per heavy atom. The van der Waals surface area contributed by atoms with Crippen molar-refractivity contribution in [3.63, 3.8) is 0 Å². The zero-order valence-corrected chi connectivity index (χ0v) is 20.8. The van der Waals surface area contributed by atoms with Gasteiger partial charge in [-0.2, -0.15) is 5.10 Å². The molecule has 0 radical (unpaired) electrons. The van der Waals surface area contributed by atoms with Gasteiger partial charge >= 0.3 is 5.97 Å². The number of H-pyrrole nitrogens is 1. The number of benzene rings is 1. The highest BCUT2D eigenvalue weighted by Crippen LogP contribution is 2.37.